The van der Waals surface area contributed by atoms with Crippen molar-refractivity contribution in [3.8, 4) is 0 Å². The van der Waals surface area contributed by atoms with Gasteiger partial charge in [0, 0.05) is 13.2 Å². The van der Waals surface area contributed by atoms with Gasteiger partial charge in [0.15, 0.2) is 0 Å². The summed E-state index contributed by atoms with van der Waals surface area (Å²) in [5, 5.41) is 18.7. The molecule has 2 unspecified atom stereocenters. The first-order valence-electron chi connectivity index (χ1n) is 6.37. The van der Waals surface area contributed by atoms with Crippen LogP contribution in [-0.2, 0) is 9.53 Å². The maximum absolute atomic E-state index is 10.9. The number of hydrogen-bond acceptors (Lipinski definition) is 4. The van der Waals surface area contributed by atoms with Gasteiger partial charge >= 0.3 is 5.97 Å². The summed E-state index contributed by atoms with van der Waals surface area (Å²) >= 11 is 0. The van der Waals surface area contributed by atoms with Gasteiger partial charge < -0.3 is 14.9 Å². The lowest BCUT2D eigenvalue weighted by molar-refractivity contribution is -0.142. The Morgan fingerprint density at radius 1 is 1.59 bits per heavy atom. The number of ether oxygens (including phenoxy) is 1. The van der Waals surface area contributed by atoms with Gasteiger partial charge in [0.1, 0.15) is 6.04 Å². The number of aliphatic hydroxyl groups excluding tert-OH is 1. The third-order valence-corrected chi connectivity index (χ3v) is 3.05. The third kappa shape index (κ3) is 5.02. The Labute approximate surface area is 102 Å². The van der Waals surface area contributed by atoms with Crippen LogP contribution in [0.15, 0.2) is 0 Å². The van der Waals surface area contributed by atoms with E-state index in [2.05, 4.69) is 6.92 Å². The fourth-order valence-corrected chi connectivity index (χ4v) is 2.11. The number of β-amino-alcohol motifs (C(OH)–C–C–N with tert-alkyl or cyclic N) is 1. The van der Waals surface area contributed by atoms with Gasteiger partial charge in [0.05, 0.1) is 12.7 Å². The van der Waals surface area contributed by atoms with Crippen molar-refractivity contribution in [3.63, 3.8) is 0 Å². The van der Waals surface area contributed by atoms with Crippen molar-refractivity contribution in [3.05, 3.63) is 0 Å². The van der Waals surface area contributed by atoms with E-state index in [1.165, 1.54) is 0 Å². The summed E-state index contributed by atoms with van der Waals surface area (Å²) in [5.74, 6) is -0.790. The minimum absolute atomic E-state index is 0.294. The first kappa shape index (κ1) is 14.4. The summed E-state index contributed by atoms with van der Waals surface area (Å²) in [6.07, 6.45) is 3.04. The Bertz CT molecular complexity index is 235. The quantitative estimate of drug-likeness (QED) is 0.616. The predicted octanol–water partition coefficient (Wildman–Crippen LogP) is 0.713. The van der Waals surface area contributed by atoms with Crippen molar-refractivity contribution in [2.45, 2.75) is 44.8 Å². The minimum Gasteiger partial charge on any atom is -0.480 e. The number of carbonyl (C=O) groups is 1. The van der Waals surface area contributed by atoms with Crippen molar-refractivity contribution >= 4 is 5.97 Å². The average molecular weight is 245 g/mol. The highest BCUT2D eigenvalue weighted by Crippen LogP contribution is 2.17. The molecule has 17 heavy (non-hydrogen) atoms. The zero-order valence-electron chi connectivity index (χ0n) is 10.5. The topological polar surface area (TPSA) is 70.0 Å². The normalized spacial score (nSPS) is 22.8. The second-order valence-corrected chi connectivity index (χ2v) is 4.57. The van der Waals surface area contributed by atoms with Gasteiger partial charge in [0.2, 0.25) is 0 Å². The number of nitrogens with zero attached hydrogens (tertiary/aromatic N) is 1. The van der Waals surface area contributed by atoms with Crippen molar-refractivity contribution in [2.75, 3.05) is 26.3 Å². The summed E-state index contributed by atoms with van der Waals surface area (Å²) in [5.41, 5.74) is 0. The number of aliphatic hydroxyl groups is 1. The van der Waals surface area contributed by atoms with Crippen LogP contribution in [0.5, 0.6) is 0 Å². The van der Waals surface area contributed by atoms with Gasteiger partial charge in [-0.2, -0.15) is 0 Å². The number of unbranched alkanes of at least 4 members (excludes halogenated alkanes) is 1. The number of carboxylic acid groups (broad SMARTS) is 1. The lowest BCUT2D eigenvalue weighted by Crippen LogP contribution is -2.41. The van der Waals surface area contributed by atoms with E-state index in [4.69, 9.17) is 9.84 Å². The monoisotopic (exact) mass is 245 g/mol. The Balaban J connectivity index is 2.20. The Morgan fingerprint density at radius 2 is 2.35 bits per heavy atom. The zero-order valence-corrected chi connectivity index (χ0v) is 10.5. The van der Waals surface area contributed by atoms with Crippen LogP contribution in [0.4, 0.5) is 0 Å². The van der Waals surface area contributed by atoms with E-state index < -0.39 is 18.1 Å². The van der Waals surface area contributed by atoms with E-state index in [-0.39, 0.29) is 0 Å². The summed E-state index contributed by atoms with van der Waals surface area (Å²) in [4.78, 5) is 12.8. The average Bonchev–Trinajstić information content (AvgIpc) is 2.72. The third-order valence-electron chi connectivity index (χ3n) is 3.05. The molecule has 1 aliphatic heterocycles. The second kappa shape index (κ2) is 7.63. The molecule has 100 valence electrons. The fourth-order valence-electron chi connectivity index (χ4n) is 2.11. The summed E-state index contributed by atoms with van der Waals surface area (Å²) < 4.78 is 5.32. The molecule has 1 fully saturated rings. The maximum Gasteiger partial charge on any atom is 0.320 e. The van der Waals surface area contributed by atoms with Gasteiger partial charge in [-0.1, -0.05) is 13.3 Å². The fraction of sp³-hybridized carbons (Fsp3) is 0.917. The van der Waals surface area contributed by atoms with Gasteiger partial charge in [-0.15, -0.1) is 0 Å². The van der Waals surface area contributed by atoms with Crippen LogP contribution in [0, 0.1) is 0 Å². The van der Waals surface area contributed by atoms with E-state index in [0.29, 0.717) is 26.2 Å². The van der Waals surface area contributed by atoms with E-state index >= 15 is 0 Å². The molecular formula is C12H23NO4. The largest absolute Gasteiger partial charge is 0.480 e. The number of likely N-dealkylation sites (tertiary alicyclic amines) is 1. The van der Waals surface area contributed by atoms with Crippen LogP contribution in [0.25, 0.3) is 0 Å². The number of aliphatic carboxylic acids is 1. The highest BCUT2D eigenvalue weighted by atomic mass is 16.5. The molecule has 0 radical (unpaired) electrons. The van der Waals surface area contributed by atoms with E-state index in [1.54, 1.807) is 0 Å². The van der Waals surface area contributed by atoms with Crippen LogP contribution in [0.1, 0.15) is 32.6 Å². The molecule has 5 heteroatoms. The van der Waals surface area contributed by atoms with E-state index in [1.807, 2.05) is 4.90 Å². The minimum atomic E-state index is -0.790. The predicted molar refractivity (Wildman–Crippen MR) is 64.0 cm³/mol. The van der Waals surface area contributed by atoms with Crippen LogP contribution in [0.3, 0.4) is 0 Å². The SMILES string of the molecule is CCCCOCC(O)CN1CCCC1C(=O)O. The van der Waals surface area contributed by atoms with Crippen molar-refractivity contribution in [2.24, 2.45) is 0 Å². The lowest BCUT2D eigenvalue weighted by atomic mass is 10.2. The summed E-state index contributed by atoms with van der Waals surface area (Å²) in [6.45, 7) is 4.19. The first-order chi connectivity index (χ1) is 8.15. The maximum atomic E-state index is 10.9. The van der Waals surface area contributed by atoms with Gasteiger partial charge in [-0.3, -0.25) is 9.69 Å². The van der Waals surface area contributed by atoms with Gasteiger partial charge in [0.25, 0.3) is 0 Å². The molecule has 2 atom stereocenters. The molecule has 0 saturated carbocycles. The van der Waals surface area contributed by atoms with Gasteiger partial charge in [-0.05, 0) is 25.8 Å². The molecule has 0 bridgehead atoms. The van der Waals surface area contributed by atoms with Crippen molar-refractivity contribution < 1.29 is 19.7 Å². The van der Waals surface area contributed by atoms with Crippen LogP contribution < -0.4 is 0 Å². The smallest absolute Gasteiger partial charge is 0.320 e. The standard InChI is InChI=1S/C12H23NO4/c1-2-3-7-17-9-10(14)8-13-6-4-5-11(13)12(15)16/h10-11,14H,2-9H2,1H3,(H,15,16). The van der Waals surface area contributed by atoms with Crippen molar-refractivity contribution in [1.82, 2.24) is 4.90 Å². The lowest BCUT2D eigenvalue weighted by Gasteiger charge is -2.23. The number of hydrogen-bond donors (Lipinski definition) is 2. The first-order valence-corrected chi connectivity index (χ1v) is 6.37. The molecular weight excluding hydrogens is 222 g/mol. The molecule has 0 aromatic carbocycles. The van der Waals surface area contributed by atoms with E-state index in [0.717, 1.165) is 25.8 Å². The molecule has 0 spiro atoms. The van der Waals surface area contributed by atoms with Crippen LogP contribution >= 0.6 is 0 Å². The van der Waals surface area contributed by atoms with Crippen LogP contribution in [0.2, 0.25) is 0 Å². The van der Waals surface area contributed by atoms with Gasteiger partial charge in [-0.25, -0.2) is 0 Å². The molecule has 2 N–H and O–H groups in total. The number of rotatable bonds is 8. The molecule has 0 aliphatic carbocycles. The Kier molecular flexibility index (Phi) is 6.47. The molecule has 1 saturated heterocycles. The van der Waals surface area contributed by atoms with Crippen LogP contribution in [-0.4, -0.2) is 59.5 Å². The van der Waals surface area contributed by atoms with Crippen molar-refractivity contribution in [1.29, 1.82) is 0 Å². The Morgan fingerprint density at radius 3 is 3.00 bits per heavy atom. The molecule has 5 nitrogen and oxygen atoms in total. The summed E-state index contributed by atoms with van der Waals surface area (Å²) in [6, 6.07) is -0.430. The second-order valence-electron chi connectivity index (χ2n) is 4.57. The highest BCUT2D eigenvalue weighted by Gasteiger charge is 2.31. The summed E-state index contributed by atoms with van der Waals surface area (Å²) in [7, 11) is 0. The molecule has 1 aliphatic rings. The molecule has 1 rings (SSSR count). The molecule has 1 heterocycles. The van der Waals surface area contributed by atoms with E-state index in [9.17, 15) is 9.90 Å². The zero-order chi connectivity index (χ0) is 12.7. The number of carboxylic acids is 1. The highest BCUT2D eigenvalue weighted by molar-refractivity contribution is 5.73. The molecule has 0 amide bonds. The molecule has 0 aromatic heterocycles. The Hall–Kier alpha value is -0.650. The molecule has 0 aromatic rings.